The summed E-state index contributed by atoms with van der Waals surface area (Å²) in [4.78, 5) is 20.7. The number of anilines is 3. The highest BCUT2D eigenvalue weighted by Gasteiger charge is 2.09. The van der Waals surface area contributed by atoms with Gasteiger partial charge >= 0.3 is 0 Å². The first kappa shape index (κ1) is 12.3. The summed E-state index contributed by atoms with van der Waals surface area (Å²) >= 11 is 1.52. The Bertz CT molecular complexity index is 588. The summed E-state index contributed by atoms with van der Waals surface area (Å²) in [6.45, 7) is 3.92. The summed E-state index contributed by atoms with van der Waals surface area (Å²) in [7, 11) is 0. The molecule has 2 rings (SSSR count). The molecule has 0 bridgehead atoms. The van der Waals surface area contributed by atoms with Crippen molar-refractivity contribution in [2.45, 2.75) is 13.8 Å². The van der Waals surface area contributed by atoms with Crippen molar-refractivity contribution in [1.82, 2.24) is 9.97 Å². The molecule has 0 radical (unpaired) electrons. The number of hydrogen-bond acceptors (Lipinski definition) is 6. The molecule has 0 aliphatic carbocycles. The second kappa shape index (κ2) is 4.61. The molecule has 5 N–H and O–H groups in total. The van der Waals surface area contributed by atoms with Crippen LogP contribution < -0.4 is 16.8 Å². The van der Waals surface area contributed by atoms with Crippen molar-refractivity contribution >= 4 is 33.9 Å². The first-order valence-electron chi connectivity index (χ1n) is 5.23. The smallest absolute Gasteiger partial charge is 0.250 e. The van der Waals surface area contributed by atoms with E-state index in [1.807, 2.05) is 13.8 Å². The first-order valence-corrected chi connectivity index (χ1v) is 6.05. The van der Waals surface area contributed by atoms with Gasteiger partial charge in [-0.25, -0.2) is 9.97 Å². The third-order valence-electron chi connectivity index (χ3n) is 2.46. The maximum Gasteiger partial charge on any atom is 0.250 e. The standard InChI is InChI=1S/C11H13N5OS/c1-5-6(2)18-11(15-5)16-9-3-7(10(13)17)8(12)4-14-9/h3-4H,12H2,1-2H3,(H2,13,17)(H,14,15,16). The number of nitrogen functional groups attached to an aromatic ring is 1. The molecule has 0 aliphatic heterocycles. The fourth-order valence-corrected chi connectivity index (χ4v) is 2.20. The Balaban J connectivity index is 2.29. The van der Waals surface area contributed by atoms with Crippen molar-refractivity contribution in [3.63, 3.8) is 0 Å². The van der Waals surface area contributed by atoms with Crippen molar-refractivity contribution in [3.05, 3.63) is 28.4 Å². The molecular formula is C11H13N5OS. The topological polar surface area (TPSA) is 107 Å². The number of amides is 1. The van der Waals surface area contributed by atoms with Crippen molar-refractivity contribution in [1.29, 1.82) is 0 Å². The first-order chi connectivity index (χ1) is 8.47. The number of thiazole rings is 1. The summed E-state index contributed by atoms with van der Waals surface area (Å²) in [6, 6.07) is 1.52. The van der Waals surface area contributed by atoms with Crippen LogP contribution in [0.4, 0.5) is 16.6 Å². The quantitative estimate of drug-likeness (QED) is 0.779. The van der Waals surface area contributed by atoms with Crippen LogP contribution in [0.3, 0.4) is 0 Å². The van der Waals surface area contributed by atoms with Gasteiger partial charge in [-0.15, -0.1) is 11.3 Å². The predicted molar refractivity (Wildman–Crippen MR) is 72.0 cm³/mol. The van der Waals surface area contributed by atoms with Gasteiger partial charge in [0.05, 0.1) is 23.1 Å². The van der Waals surface area contributed by atoms with E-state index in [4.69, 9.17) is 11.5 Å². The minimum absolute atomic E-state index is 0.248. The summed E-state index contributed by atoms with van der Waals surface area (Å²) in [6.07, 6.45) is 1.40. The van der Waals surface area contributed by atoms with Crippen LogP contribution in [-0.4, -0.2) is 15.9 Å². The molecule has 94 valence electrons. The lowest BCUT2D eigenvalue weighted by molar-refractivity contribution is 0.100. The fourth-order valence-electron chi connectivity index (χ4n) is 1.38. The molecule has 0 saturated carbocycles. The maximum atomic E-state index is 11.2. The number of aromatic nitrogens is 2. The number of pyridine rings is 1. The second-order valence-corrected chi connectivity index (χ2v) is 5.01. The number of carbonyl (C=O) groups is 1. The predicted octanol–water partition coefficient (Wildman–Crippen LogP) is 1.58. The van der Waals surface area contributed by atoms with Gasteiger partial charge in [0, 0.05) is 4.88 Å². The molecule has 0 atom stereocenters. The van der Waals surface area contributed by atoms with Gasteiger partial charge in [0.2, 0.25) is 0 Å². The van der Waals surface area contributed by atoms with Crippen LogP contribution in [0.5, 0.6) is 0 Å². The average molecular weight is 263 g/mol. The number of aryl methyl sites for hydroxylation is 2. The minimum Gasteiger partial charge on any atom is -0.397 e. The van der Waals surface area contributed by atoms with Gasteiger partial charge in [-0.3, -0.25) is 4.79 Å². The number of primary amides is 1. The zero-order valence-corrected chi connectivity index (χ0v) is 10.8. The van der Waals surface area contributed by atoms with E-state index in [1.54, 1.807) is 0 Å². The Morgan fingerprint density at radius 1 is 1.44 bits per heavy atom. The number of hydrogen-bond donors (Lipinski definition) is 3. The van der Waals surface area contributed by atoms with Crippen molar-refractivity contribution in [3.8, 4) is 0 Å². The summed E-state index contributed by atoms with van der Waals surface area (Å²) in [5, 5.41) is 3.74. The van der Waals surface area contributed by atoms with Crippen molar-refractivity contribution in [2.75, 3.05) is 11.1 Å². The summed E-state index contributed by atoms with van der Waals surface area (Å²) < 4.78 is 0. The largest absolute Gasteiger partial charge is 0.397 e. The molecule has 7 heteroatoms. The monoisotopic (exact) mass is 263 g/mol. The molecule has 6 nitrogen and oxygen atoms in total. The number of nitrogens with one attached hydrogen (secondary N) is 1. The van der Waals surface area contributed by atoms with Gasteiger partial charge in [0.1, 0.15) is 5.82 Å². The number of nitrogens with two attached hydrogens (primary N) is 2. The molecule has 0 unspecified atom stereocenters. The van der Waals surface area contributed by atoms with Crippen LogP contribution in [0.2, 0.25) is 0 Å². The summed E-state index contributed by atoms with van der Waals surface area (Å²) in [5.41, 5.74) is 12.3. The molecular weight excluding hydrogens is 250 g/mol. The van der Waals surface area contributed by atoms with Crippen LogP contribution in [0.15, 0.2) is 12.3 Å². The van der Waals surface area contributed by atoms with Crippen LogP contribution in [0.25, 0.3) is 0 Å². The minimum atomic E-state index is -0.579. The zero-order chi connectivity index (χ0) is 13.3. The molecule has 2 aromatic heterocycles. The normalized spacial score (nSPS) is 10.3. The molecule has 0 aliphatic rings. The Morgan fingerprint density at radius 2 is 2.17 bits per heavy atom. The third kappa shape index (κ3) is 2.40. The second-order valence-electron chi connectivity index (χ2n) is 3.81. The van der Waals surface area contributed by atoms with Crippen LogP contribution in [0.1, 0.15) is 20.9 Å². The van der Waals surface area contributed by atoms with E-state index in [9.17, 15) is 4.79 Å². The van der Waals surface area contributed by atoms with Crippen LogP contribution in [-0.2, 0) is 0 Å². The molecule has 2 heterocycles. The lowest BCUT2D eigenvalue weighted by Gasteiger charge is -2.05. The molecule has 1 amide bonds. The lowest BCUT2D eigenvalue weighted by Crippen LogP contribution is -2.14. The number of rotatable bonds is 3. The average Bonchev–Trinajstić information content (AvgIpc) is 2.60. The Kier molecular flexibility index (Phi) is 3.15. The van der Waals surface area contributed by atoms with E-state index in [2.05, 4.69) is 15.3 Å². The molecule has 0 spiro atoms. The lowest BCUT2D eigenvalue weighted by atomic mass is 10.2. The SMILES string of the molecule is Cc1nc(Nc2cc(C(N)=O)c(N)cn2)sc1C. The Labute approximate surface area is 108 Å². The summed E-state index contributed by atoms with van der Waals surface area (Å²) in [5.74, 6) is -0.0869. The van der Waals surface area contributed by atoms with E-state index in [0.717, 1.165) is 15.7 Å². The van der Waals surface area contributed by atoms with Gasteiger partial charge in [-0.1, -0.05) is 0 Å². The van der Waals surface area contributed by atoms with E-state index >= 15 is 0 Å². The van der Waals surface area contributed by atoms with E-state index in [0.29, 0.717) is 5.82 Å². The molecule has 2 aromatic rings. The van der Waals surface area contributed by atoms with Crippen molar-refractivity contribution < 1.29 is 4.79 Å². The van der Waals surface area contributed by atoms with Gasteiger partial charge in [0.25, 0.3) is 5.91 Å². The van der Waals surface area contributed by atoms with Crippen LogP contribution in [0, 0.1) is 13.8 Å². The fraction of sp³-hybridized carbons (Fsp3) is 0.182. The molecule has 0 aromatic carbocycles. The zero-order valence-electron chi connectivity index (χ0n) is 10.0. The van der Waals surface area contributed by atoms with E-state index < -0.39 is 5.91 Å². The van der Waals surface area contributed by atoms with E-state index in [1.165, 1.54) is 23.6 Å². The van der Waals surface area contributed by atoms with Gasteiger partial charge < -0.3 is 16.8 Å². The third-order valence-corrected chi connectivity index (χ3v) is 3.45. The number of nitrogens with zero attached hydrogens (tertiary/aromatic N) is 2. The Hall–Kier alpha value is -2.15. The van der Waals surface area contributed by atoms with E-state index in [-0.39, 0.29) is 11.3 Å². The van der Waals surface area contributed by atoms with Crippen LogP contribution >= 0.6 is 11.3 Å². The molecule has 0 saturated heterocycles. The maximum absolute atomic E-state index is 11.2. The Morgan fingerprint density at radius 3 is 2.72 bits per heavy atom. The molecule has 0 fully saturated rings. The molecule has 18 heavy (non-hydrogen) atoms. The number of carbonyl (C=O) groups excluding carboxylic acids is 1. The highest BCUT2D eigenvalue weighted by atomic mass is 32.1. The van der Waals surface area contributed by atoms with Gasteiger partial charge in [-0.2, -0.15) is 0 Å². The van der Waals surface area contributed by atoms with Gasteiger partial charge in [-0.05, 0) is 19.9 Å². The highest BCUT2D eigenvalue weighted by molar-refractivity contribution is 7.15. The highest BCUT2D eigenvalue weighted by Crippen LogP contribution is 2.25. The van der Waals surface area contributed by atoms with Crippen molar-refractivity contribution in [2.24, 2.45) is 5.73 Å². The van der Waals surface area contributed by atoms with Gasteiger partial charge in [0.15, 0.2) is 5.13 Å².